The number of ether oxygens (including phenoxy) is 1. The number of allylic oxidation sites excluding steroid dienone is 1. The third kappa shape index (κ3) is 4.17. The van der Waals surface area contributed by atoms with Crippen molar-refractivity contribution in [2.24, 2.45) is 5.92 Å². The van der Waals surface area contributed by atoms with Crippen molar-refractivity contribution >= 4 is 11.9 Å². The van der Waals surface area contributed by atoms with Gasteiger partial charge in [-0.05, 0) is 12.8 Å². The Morgan fingerprint density at radius 1 is 1.06 bits per heavy atom. The van der Waals surface area contributed by atoms with E-state index in [1.54, 1.807) is 6.08 Å². The average Bonchev–Trinajstić information content (AvgIpc) is 2.27. The number of cyclic esters (lactones) is 2. The predicted octanol–water partition coefficient (Wildman–Crippen LogP) is 2.99. The normalized spacial score (nSPS) is 16.6. The molecule has 1 saturated heterocycles. The topological polar surface area (TPSA) is 43.4 Å². The molecule has 0 spiro atoms. The van der Waals surface area contributed by atoms with Crippen LogP contribution in [-0.4, -0.2) is 11.9 Å². The first-order chi connectivity index (χ1) is 7.75. The Hall–Kier alpha value is -1.12. The standard InChI is InChI=1S/C13H20O3/c1-2-3-4-5-6-7-8-9-10-11-12(14)16-13(11)15/h9-11H,2-8H2,1H3/b10-9+. The minimum absolute atomic E-state index is 0.413. The zero-order chi connectivity index (χ0) is 11.8. The minimum atomic E-state index is -0.611. The molecule has 0 N–H and O–H groups in total. The van der Waals surface area contributed by atoms with Gasteiger partial charge in [0.1, 0.15) is 0 Å². The lowest BCUT2D eigenvalue weighted by Gasteiger charge is -2.17. The Labute approximate surface area is 96.9 Å². The highest BCUT2D eigenvalue weighted by molar-refractivity contribution is 6.11. The van der Waals surface area contributed by atoms with Crippen molar-refractivity contribution in [2.45, 2.75) is 51.9 Å². The van der Waals surface area contributed by atoms with Crippen LogP contribution in [-0.2, 0) is 14.3 Å². The summed E-state index contributed by atoms with van der Waals surface area (Å²) in [4.78, 5) is 21.6. The van der Waals surface area contributed by atoms with Gasteiger partial charge in [0.15, 0.2) is 5.92 Å². The average molecular weight is 224 g/mol. The molecule has 0 aromatic heterocycles. The second-order valence-corrected chi connectivity index (χ2v) is 4.20. The van der Waals surface area contributed by atoms with E-state index in [0.717, 1.165) is 12.8 Å². The molecule has 0 aromatic carbocycles. The second-order valence-electron chi connectivity index (χ2n) is 4.20. The van der Waals surface area contributed by atoms with E-state index in [1.807, 2.05) is 6.08 Å². The maximum atomic E-state index is 10.8. The fourth-order valence-corrected chi connectivity index (χ4v) is 1.70. The quantitative estimate of drug-likeness (QED) is 0.275. The van der Waals surface area contributed by atoms with Gasteiger partial charge in [-0.15, -0.1) is 0 Å². The van der Waals surface area contributed by atoms with Crippen molar-refractivity contribution in [3.63, 3.8) is 0 Å². The zero-order valence-corrected chi connectivity index (χ0v) is 9.91. The number of rotatable bonds is 8. The van der Waals surface area contributed by atoms with Crippen LogP contribution in [0.3, 0.4) is 0 Å². The number of unbranched alkanes of at least 4 members (excludes halogenated alkanes) is 6. The van der Waals surface area contributed by atoms with Gasteiger partial charge in [-0.3, -0.25) is 9.59 Å². The third-order valence-corrected chi connectivity index (χ3v) is 2.76. The molecule has 0 aromatic rings. The molecule has 3 nitrogen and oxygen atoms in total. The van der Waals surface area contributed by atoms with E-state index in [1.165, 1.54) is 32.1 Å². The predicted molar refractivity (Wildman–Crippen MR) is 61.7 cm³/mol. The Bertz CT molecular complexity index is 254. The molecule has 0 atom stereocenters. The lowest BCUT2D eigenvalue weighted by Crippen LogP contribution is -2.39. The molecule has 1 rings (SSSR count). The fourth-order valence-electron chi connectivity index (χ4n) is 1.70. The van der Waals surface area contributed by atoms with Gasteiger partial charge in [-0.25, -0.2) is 0 Å². The molecule has 90 valence electrons. The Balaban J connectivity index is 1.96. The highest BCUT2D eigenvalue weighted by atomic mass is 16.6. The number of carbonyl (C=O) groups is 2. The summed E-state index contributed by atoms with van der Waals surface area (Å²) >= 11 is 0. The summed E-state index contributed by atoms with van der Waals surface area (Å²) in [7, 11) is 0. The van der Waals surface area contributed by atoms with E-state index in [0.29, 0.717) is 0 Å². The largest absolute Gasteiger partial charge is 0.391 e. The third-order valence-electron chi connectivity index (χ3n) is 2.76. The van der Waals surface area contributed by atoms with Crippen LogP contribution in [0.25, 0.3) is 0 Å². The smallest absolute Gasteiger partial charge is 0.331 e. The summed E-state index contributed by atoms with van der Waals surface area (Å²) in [5, 5.41) is 0. The summed E-state index contributed by atoms with van der Waals surface area (Å²) in [6.07, 6.45) is 12.1. The molecule has 1 fully saturated rings. The SMILES string of the molecule is CCCCCCCC/C=C/C1C(=O)OC1=O. The van der Waals surface area contributed by atoms with Crippen LogP contribution in [0.15, 0.2) is 12.2 Å². The maximum absolute atomic E-state index is 10.8. The second kappa shape index (κ2) is 7.20. The van der Waals surface area contributed by atoms with E-state index < -0.39 is 17.9 Å². The molecule has 1 aliphatic rings. The zero-order valence-electron chi connectivity index (χ0n) is 9.91. The van der Waals surface area contributed by atoms with E-state index in [4.69, 9.17) is 0 Å². The van der Waals surface area contributed by atoms with Crippen LogP contribution in [0.1, 0.15) is 51.9 Å². The van der Waals surface area contributed by atoms with Crippen molar-refractivity contribution in [3.8, 4) is 0 Å². The van der Waals surface area contributed by atoms with Crippen LogP contribution in [0.2, 0.25) is 0 Å². The first-order valence-corrected chi connectivity index (χ1v) is 6.18. The van der Waals surface area contributed by atoms with Gasteiger partial charge in [0.25, 0.3) is 0 Å². The minimum Gasteiger partial charge on any atom is -0.391 e. The van der Waals surface area contributed by atoms with Crippen LogP contribution < -0.4 is 0 Å². The van der Waals surface area contributed by atoms with Crippen molar-refractivity contribution in [1.82, 2.24) is 0 Å². The van der Waals surface area contributed by atoms with Gasteiger partial charge < -0.3 is 4.74 Å². The first-order valence-electron chi connectivity index (χ1n) is 6.18. The highest BCUT2D eigenvalue weighted by Gasteiger charge is 2.39. The Kier molecular flexibility index (Phi) is 5.83. The summed E-state index contributed by atoms with van der Waals surface area (Å²) in [6.45, 7) is 2.21. The number of hydrogen-bond donors (Lipinski definition) is 0. The Morgan fingerprint density at radius 2 is 1.69 bits per heavy atom. The van der Waals surface area contributed by atoms with Crippen LogP contribution >= 0.6 is 0 Å². The monoisotopic (exact) mass is 224 g/mol. The van der Waals surface area contributed by atoms with Crippen LogP contribution in [0.4, 0.5) is 0 Å². The van der Waals surface area contributed by atoms with E-state index >= 15 is 0 Å². The van der Waals surface area contributed by atoms with Crippen molar-refractivity contribution in [1.29, 1.82) is 0 Å². The van der Waals surface area contributed by atoms with Gasteiger partial charge in [0.05, 0.1) is 0 Å². The number of esters is 2. The number of carbonyl (C=O) groups excluding carboxylic acids is 2. The molecule has 0 unspecified atom stereocenters. The fraction of sp³-hybridized carbons (Fsp3) is 0.692. The molecule has 0 saturated carbocycles. The highest BCUT2D eigenvalue weighted by Crippen LogP contribution is 2.16. The van der Waals surface area contributed by atoms with Gasteiger partial charge in [-0.2, -0.15) is 0 Å². The lowest BCUT2D eigenvalue weighted by molar-refractivity contribution is -0.180. The molecule has 0 bridgehead atoms. The summed E-state index contributed by atoms with van der Waals surface area (Å²) < 4.78 is 4.24. The van der Waals surface area contributed by atoms with E-state index in [9.17, 15) is 9.59 Å². The van der Waals surface area contributed by atoms with Crippen molar-refractivity contribution in [3.05, 3.63) is 12.2 Å². The Morgan fingerprint density at radius 3 is 2.31 bits per heavy atom. The van der Waals surface area contributed by atoms with E-state index in [-0.39, 0.29) is 0 Å². The van der Waals surface area contributed by atoms with Gasteiger partial charge in [-0.1, -0.05) is 51.2 Å². The molecule has 16 heavy (non-hydrogen) atoms. The first kappa shape index (κ1) is 12.9. The molecule has 1 heterocycles. The maximum Gasteiger partial charge on any atom is 0.331 e. The summed E-state index contributed by atoms with van der Waals surface area (Å²) in [6, 6.07) is 0. The molecular weight excluding hydrogens is 204 g/mol. The van der Waals surface area contributed by atoms with Crippen LogP contribution in [0.5, 0.6) is 0 Å². The van der Waals surface area contributed by atoms with Gasteiger partial charge in [0.2, 0.25) is 0 Å². The van der Waals surface area contributed by atoms with Crippen molar-refractivity contribution in [2.75, 3.05) is 0 Å². The summed E-state index contributed by atoms with van der Waals surface area (Å²) in [5.41, 5.74) is 0. The number of hydrogen-bond acceptors (Lipinski definition) is 3. The molecular formula is C13H20O3. The summed E-state index contributed by atoms with van der Waals surface area (Å²) in [5.74, 6) is -1.44. The van der Waals surface area contributed by atoms with Crippen LogP contribution in [0, 0.1) is 5.92 Å². The molecule has 1 aliphatic heterocycles. The molecule has 0 radical (unpaired) electrons. The van der Waals surface area contributed by atoms with Crippen molar-refractivity contribution < 1.29 is 14.3 Å². The van der Waals surface area contributed by atoms with Gasteiger partial charge >= 0.3 is 11.9 Å². The molecule has 0 aliphatic carbocycles. The molecule has 3 heteroatoms. The lowest BCUT2D eigenvalue weighted by atomic mass is 10.0. The molecule has 0 amide bonds. The van der Waals surface area contributed by atoms with E-state index in [2.05, 4.69) is 11.7 Å². The van der Waals surface area contributed by atoms with Gasteiger partial charge in [0, 0.05) is 0 Å².